The standard InChI is InChI=1S/C29H40FN7O4/c1-5-7-15-41-27(40)35-12-14-37(28(3,4)18-35)26(39)34-11-13-36-23-16-22(20-9-8-10-21(30)24(20)38)32-33-25(23)31-17-29(36,6-2)19-34/h8-10,16,38H,5-7,11-15,17-19H2,1-4H3,(H,31,33). The summed E-state index contributed by atoms with van der Waals surface area (Å²) in [5, 5.41) is 22.3. The first-order valence-electron chi connectivity index (χ1n) is 14.5. The van der Waals surface area contributed by atoms with Crippen LogP contribution in [-0.4, -0.2) is 106 Å². The van der Waals surface area contributed by atoms with Crippen LogP contribution in [-0.2, 0) is 4.74 Å². The number of aromatic nitrogens is 2. The number of hydrogen-bond donors (Lipinski definition) is 2. The van der Waals surface area contributed by atoms with E-state index in [-0.39, 0.29) is 23.2 Å². The van der Waals surface area contributed by atoms with Gasteiger partial charge in [-0.3, -0.25) is 0 Å². The Labute approximate surface area is 240 Å². The minimum Gasteiger partial charge on any atom is -0.504 e. The normalized spacial score (nSPS) is 21.6. The Bertz CT molecular complexity index is 1310. The van der Waals surface area contributed by atoms with E-state index in [1.807, 2.05) is 29.7 Å². The van der Waals surface area contributed by atoms with E-state index in [4.69, 9.17) is 4.74 Å². The van der Waals surface area contributed by atoms with Crippen molar-refractivity contribution in [1.29, 1.82) is 0 Å². The van der Waals surface area contributed by atoms with Crippen molar-refractivity contribution in [3.05, 3.63) is 30.1 Å². The summed E-state index contributed by atoms with van der Waals surface area (Å²) >= 11 is 0. The number of carbonyl (C=O) groups excluding carboxylic acids is 2. The zero-order chi connectivity index (χ0) is 29.4. The molecule has 2 aromatic rings. The number of para-hydroxylation sites is 1. The molecular weight excluding hydrogens is 529 g/mol. The predicted molar refractivity (Wildman–Crippen MR) is 154 cm³/mol. The number of benzene rings is 1. The summed E-state index contributed by atoms with van der Waals surface area (Å²) < 4.78 is 19.5. The molecule has 0 aliphatic carbocycles. The van der Waals surface area contributed by atoms with Crippen molar-refractivity contribution < 1.29 is 23.8 Å². The molecule has 0 radical (unpaired) electrons. The number of unbranched alkanes of at least 4 members (excludes halogenated alkanes) is 1. The molecule has 0 spiro atoms. The minimum absolute atomic E-state index is 0.0366. The van der Waals surface area contributed by atoms with Crippen LogP contribution in [0.3, 0.4) is 0 Å². The van der Waals surface area contributed by atoms with Gasteiger partial charge < -0.3 is 34.8 Å². The molecule has 5 rings (SSSR count). The largest absolute Gasteiger partial charge is 0.504 e. The molecular formula is C29H40FN7O4. The van der Waals surface area contributed by atoms with Crippen LogP contribution < -0.4 is 10.2 Å². The first kappa shape index (κ1) is 28.7. The summed E-state index contributed by atoms with van der Waals surface area (Å²) in [4.78, 5) is 34.3. The second-order valence-electron chi connectivity index (χ2n) is 11.7. The molecule has 2 fully saturated rings. The lowest BCUT2D eigenvalue weighted by Crippen LogP contribution is -2.71. The van der Waals surface area contributed by atoms with Crippen molar-refractivity contribution in [2.45, 2.75) is 58.0 Å². The highest BCUT2D eigenvalue weighted by molar-refractivity contribution is 5.80. The van der Waals surface area contributed by atoms with Gasteiger partial charge in [-0.2, -0.15) is 0 Å². The first-order chi connectivity index (χ1) is 19.6. The van der Waals surface area contributed by atoms with Gasteiger partial charge in [-0.15, -0.1) is 10.2 Å². The van der Waals surface area contributed by atoms with E-state index >= 15 is 0 Å². The van der Waals surface area contributed by atoms with Crippen LogP contribution in [0.25, 0.3) is 11.3 Å². The fourth-order valence-electron chi connectivity index (χ4n) is 6.14. The number of amides is 3. The maximum atomic E-state index is 14.1. The van der Waals surface area contributed by atoms with E-state index in [2.05, 4.69) is 34.3 Å². The number of nitrogens with one attached hydrogen (secondary N) is 1. The lowest BCUT2D eigenvalue weighted by atomic mass is 9.87. The minimum atomic E-state index is -0.715. The van der Waals surface area contributed by atoms with Crippen molar-refractivity contribution >= 4 is 23.6 Å². The van der Waals surface area contributed by atoms with Crippen molar-refractivity contribution in [2.24, 2.45) is 0 Å². The van der Waals surface area contributed by atoms with E-state index in [0.717, 1.165) is 24.9 Å². The van der Waals surface area contributed by atoms with E-state index in [1.54, 1.807) is 11.0 Å². The van der Waals surface area contributed by atoms with Crippen LogP contribution >= 0.6 is 0 Å². The molecule has 3 aliphatic rings. The molecule has 3 amide bonds. The number of urea groups is 1. The second-order valence-corrected chi connectivity index (χ2v) is 11.7. The van der Waals surface area contributed by atoms with Gasteiger partial charge in [0.1, 0.15) is 0 Å². The molecule has 0 bridgehead atoms. The molecule has 1 unspecified atom stereocenters. The number of phenols is 1. The van der Waals surface area contributed by atoms with Gasteiger partial charge in [-0.1, -0.05) is 26.3 Å². The van der Waals surface area contributed by atoms with Crippen molar-refractivity contribution in [3.8, 4) is 17.0 Å². The number of piperazine rings is 2. The first-order valence-corrected chi connectivity index (χ1v) is 14.5. The van der Waals surface area contributed by atoms with Crippen molar-refractivity contribution in [2.75, 3.05) is 62.6 Å². The third-order valence-corrected chi connectivity index (χ3v) is 8.61. The fraction of sp³-hybridized carbons (Fsp3) is 0.586. The molecule has 3 aliphatic heterocycles. The summed E-state index contributed by atoms with van der Waals surface area (Å²) in [7, 11) is 0. The zero-order valence-electron chi connectivity index (χ0n) is 24.3. The Kier molecular flexibility index (Phi) is 7.85. The summed E-state index contributed by atoms with van der Waals surface area (Å²) in [6.45, 7) is 12.0. The predicted octanol–water partition coefficient (Wildman–Crippen LogP) is 4.14. The third-order valence-electron chi connectivity index (χ3n) is 8.61. The van der Waals surface area contributed by atoms with Crippen molar-refractivity contribution in [1.82, 2.24) is 24.9 Å². The Morgan fingerprint density at radius 1 is 1.10 bits per heavy atom. The van der Waals surface area contributed by atoms with Gasteiger partial charge in [0, 0.05) is 51.4 Å². The molecule has 0 saturated carbocycles. The number of carbonyl (C=O) groups is 2. The number of hydrogen-bond acceptors (Lipinski definition) is 8. The number of phenolic OH excluding ortho intramolecular Hbond substituents is 1. The van der Waals surface area contributed by atoms with Gasteiger partial charge in [-0.25, -0.2) is 14.0 Å². The number of aromatic hydroxyl groups is 1. The number of anilines is 2. The molecule has 2 N–H and O–H groups in total. The second kappa shape index (κ2) is 11.2. The Morgan fingerprint density at radius 2 is 1.88 bits per heavy atom. The van der Waals surface area contributed by atoms with E-state index in [9.17, 15) is 19.1 Å². The molecule has 1 aromatic carbocycles. The number of halogens is 1. The van der Waals surface area contributed by atoms with Crippen LogP contribution in [0.4, 0.5) is 25.5 Å². The Hall–Kier alpha value is -3.83. The van der Waals surface area contributed by atoms with Gasteiger partial charge in [0.25, 0.3) is 0 Å². The highest BCUT2D eigenvalue weighted by atomic mass is 19.1. The zero-order valence-corrected chi connectivity index (χ0v) is 24.3. The van der Waals surface area contributed by atoms with Crippen LogP contribution in [0.2, 0.25) is 0 Å². The SMILES string of the molecule is CCCCOC(=O)N1CCN(C(=O)N2CCN3c4cc(-c5cccc(F)c5O)nnc4NCC3(CC)C2)C(C)(C)C1. The summed E-state index contributed by atoms with van der Waals surface area (Å²) in [6, 6.07) is 6.13. The topological polar surface area (TPSA) is 114 Å². The van der Waals surface area contributed by atoms with Crippen LogP contribution in [0, 0.1) is 5.82 Å². The van der Waals surface area contributed by atoms with E-state index in [1.165, 1.54) is 12.1 Å². The number of rotatable bonds is 5. The summed E-state index contributed by atoms with van der Waals surface area (Å²) in [5.41, 5.74) is 0.526. The number of fused-ring (bicyclic) bond motifs is 3. The molecule has 1 atom stereocenters. The fourth-order valence-corrected chi connectivity index (χ4v) is 6.14. The average molecular weight is 570 g/mol. The van der Waals surface area contributed by atoms with E-state index < -0.39 is 17.1 Å². The number of nitrogens with zero attached hydrogens (tertiary/aromatic N) is 6. The number of ether oxygens (including phenoxy) is 1. The van der Waals surface area contributed by atoms with Gasteiger partial charge in [0.2, 0.25) is 0 Å². The quantitative estimate of drug-likeness (QED) is 0.517. The maximum Gasteiger partial charge on any atom is 0.409 e. The summed E-state index contributed by atoms with van der Waals surface area (Å²) in [5.74, 6) is -0.552. The smallest absolute Gasteiger partial charge is 0.409 e. The average Bonchev–Trinajstić information content (AvgIpc) is 2.97. The van der Waals surface area contributed by atoms with Gasteiger partial charge in [0.15, 0.2) is 17.4 Å². The van der Waals surface area contributed by atoms with Crippen LogP contribution in [0.1, 0.15) is 47.0 Å². The summed E-state index contributed by atoms with van der Waals surface area (Å²) in [6.07, 6.45) is 2.24. The van der Waals surface area contributed by atoms with Gasteiger partial charge >= 0.3 is 12.1 Å². The molecule has 2 saturated heterocycles. The highest BCUT2D eigenvalue weighted by Crippen LogP contribution is 2.41. The molecule has 11 nitrogen and oxygen atoms in total. The Balaban J connectivity index is 1.32. The maximum absolute atomic E-state index is 14.1. The lowest BCUT2D eigenvalue weighted by molar-refractivity contribution is 0.0191. The molecule has 12 heteroatoms. The van der Waals surface area contributed by atoms with Crippen LogP contribution in [0.5, 0.6) is 5.75 Å². The van der Waals surface area contributed by atoms with E-state index in [0.29, 0.717) is 63.9 Å². The highest BCUT2D eigenvalue weighted by Gasteiger charge is 2.48. The van der Waals surface area contributed by atoms with Gasteiger partial charge in [-0.05, 0) is 44.9 Å². The molecule has 4 heterocycles. The third kappa shape index (κ3) is 5.31. The Morgan fingerprint density at radius 3 is 2.61 bits per heavy atom. The van der Waals surface area contributed by atoms with Gasteiger partial charge in [0.05, 0.1) is 29.1 Å². The molecule has 1 aromatic heterocycles. The lowest BCUT2D eigenvalue weighted by Gasteiger charge is -2.56. The van der Waals surface area contributed by atoms with Crippen LogP contribution in [0.15, 0.2) is 24.3 Å². The monoisotopic (exact) mass is 569 g/mol. The molecule has 41 heavy (non-hydrogen) atoms. The van der Waals surface area contributed by atoms with Crippen molar-refractivity contribution in [3.63, 3.8) is 0 Å². The molecule has 222 valence electrons.